The lowest BCUT2D eigenvalue weighted by molar-refractivity contribution is 0.470. The fourth-order valence-corrected chi connectivity index (χ4v) is 8.23. The van der Waals surface area contributed by atoms with Crippen molar-refractivity contribution in [2.24, 2.45) is 11.8 Å². The van der Waals surface area contributed by atoms with Crippen molar-refractivity contribution in [2.75, 3.05) is 0 Å². The minimum absolute atomic E-state index is 0.149. The van der Waals surface area contributed by atoms with Crippen molar-refractivity contribution in [3.05, 3.63) is 54.3 Å². The number of halogens is 1. The van der Waals surface area contributed by atoms with Crippen LogP contribution in [-0.2, 0) is 4.57 Å². The van der Waals surface area contributed by atoms with Gasteiger partial charge < -0.3 is 9.67 Å². The standard InChI is InChI=1S/C19H20FO2P/c20-15-3-7-17(8-4-15)23(22,18-9-5-16(21)6-10-18)19-12-13-1-2-14(19)11-13/h3-10,13-14,19,21H,1-2,11-12H2. The third-order valence-electron chi connectivity index (χ3n) is 5.61. The van der Waals surface area contributed by atoms with Crippen molar-refractivity contribution in [3.63, 3.8) is 0 Å². The molecule has 4 unspecified atom stereocenters. The zero-order valence-electron chi connectivity index (χ0n) is 12.9. The van der Waals surface area contributed by atoms with Gasteiger partial charge in [0.2, 0.25) is 0 Å². The van der Waals surface area contributed by atoms with Gasteiger partial charge in [0, 0.05) is 16.3 Å². The van der Waals surface area contributed by atoms with Crippen LogP contribution in [0, 0.1) is 17.7 Å². The van der Waals surface area contributed by atoms with Crippen LogP contribution in [-0.4, -0.2) is 10.8 Å². The maximum absolute atomic E-state index is 14.2. The molecule has 0 spiro atoms. The van der Waals surface area contributed by atoms with Crippen LogP contribution in [0.3, 0.4) is 0 Å². The van der Waals surface area contributed by atoms with E-state index in [1.165, 1.54) is 25.0 Å². The minimum atomic E-state index is -2.83. The Morgan fingerprint density at radius 1 is 0.913 bits per heavy atom. The van der Waals surface area contributed by atoms with Crippen LogP contribution in [0.15, 0.2) is 48.5 Å². The largest absolute Gasteiger partial charge is 0.508 e. The van der Waals surface area contributed by atoms with E-state index in [2.05, 4.69) is 0 Å². The molecule has 2 aromatic rings. The number of fused-ring (bicyclic) bond motifs is 2. The predicted octanol–water partition coefficient (Wildman–Crippen LogP) is 4.03. The average molecular weight is 330 g/mol. The summed E-state index contributed by atoms with van der Waals surface area (Å²) in [7, 11) is -2.83. The molecule has 2 bridgehead atoms. The van der Waals surface area contributed by atoms with Crippen molar-refractivity contribution in [3.8, 4) is 5.75 Å². The Balaban J connectivity index is 1.84. The molecule has 120 valence electrons. The van der Waals surface area contributed by atoms with E-state index in [0.29, 0.717) is 11.8 Å². The van der Waals surface area contributed by atoms with Crippen molar-refractivity contribution in [2.45, 2.75) is 31.3 Å². The Hall–Kier alpha value is -1.60. The highest BCUT2D eigenvalue weighted by atomic mass is 31.2. The van der Waals surface area contributed by atoms with Crippen LogP contribution >= 0.6 is 7.14 Å². The van der Waals surface area contributed by atoms with Gasteiger partial charge in [-0.25, -0.2) is 4.39 Å². The van der Waals surface area contributed by atoms with Gasteiger partial charge >= 0.3 is 0 Å². The lowest BCUT2D eigenvalue weighted by Gasteiger charge is -2.31. The molecule has 0 saturated heterocycles. The van der Waals surface area contributed by atoms with Gasteiger partial charge in [0.1, 0.15) is 18.7 Å². The van der Waals surface area contributed by atoms with E-state index >= 15 is 0 Å². The van der Waals surface area contributed by atoms with E-state index < -0.39 is 7.14 Å². The van der Waals surface area contributed by atoms with Gasteiger partial charge in [0.25, 0.3) is 0 Å². The number of benzene rings is 2. The maximum Gasteiger partial charge on any atom is 0.146 e. The Morgan fingerprint density at radius 2 is 1.52 bits per heavy atom. The topological polar surface area (TPSA) is 37.3 Å². The molecule has 2 aliphatic rings. The summed E-state index contributed by atoms with van der Waals surface area (Å²) in [6, 6.07) is 12.9. The SMILES string of the molecule is O=P(c1ccc(O)cc1)(c1ccc(F)cc1)C1CC2CCC1C2. The number of rotatable bonds is 3. The molecule has 4 atom stereocenters. The molecule has 23 heavy (non-hydrogen) atoms. The fraction of sp³-hybridized carbons (Fsp3) is 0.368. The molecule has 0 amide bonds. The van der Waals surface area contributed by atoms with E-state index in [-0.39, 0.29) is 17.2 Å². The molecule has 0 radical (unpaired) electrons. The molecule has 4 rings (SSSR count). The second-order valence-electron chi connectivity index (χ2n) is 6.89. The summed E-state index contributed by atoms with van der Waals surface area (Å²) in [5.74, 6) is 1.06. The van der Waals surface area contributed by atoms with E-state index in [9.17, 15) is 14.1 Å². The fourth-order valence-electron chi connectivity index (χ4n) is 4.53. The summed E-state index contributed by atoms with van der Waals surface area (Å²) in [6.07, 6.45) is 4.58. The average Bonchev–Trinajstić information content (AvgIpc) is 3.19. The monoisotopic (exact) mass is 330 g/mol. The van der Waals surface area contributed by atoms with Crippen molar-refractivity contribution >= 4 is 17.8 Å². The van der Waals surface area contributed by atoms with E-state index in [0.717, 1.165) is 23.5 Å². The summed E-state index contributed by atoms with van der Waals surface area (Å²) >= 11 is 0. The molecule has 0 aliphatic heterocycles. The number of phenolic OH excluding ortho intramolecular Hbond substituents is 1. The normalized spacial score (nSPS) is 28.7. The van der Waals surface area contributed by atoms with Gasteiger partial charge in [-0.15, -0.1) is 0 Å². The van der Waals surface area contributed by atoms with Gasteiger partial charge in [-0.05, 0) is 79.6 Å². The first kappa shape index (κ1) is 15.0. The lowest BCUT2D eigenvalue weighted by atomic mass is 10.0. The summed E-state index contributed by atoms with van der Waals surface area (Å²) in [5.41, 5.74) is 0.149. The molecule has 4 heteroatoms. The van der Waals surface area contributed by atoms with Crippen molar-refractivity contribution in [1.82, 2.24) is 0 Å². The van der Waals surface area contributed by atoms with Gasteiger partial charge in [0.05, 0.1) is 0 Å². The second-order valence-corrected chi connectivity index (χ2v) is 9.91. The third-order valence-corrected chi connectivity index (χ3v) is 9.31. The van der Waals surface area contributed by atoms with Gasteiger partial charge in [-0.1, -0.05) is 6.42 Å². The molecular formula is C19H20FO2P. The molecule has 2 nitrogen and oxygen atoms in total. The first-order valence-electron chi connectivity index (χ1n) is 8.23. The Kier molecular flexibility index (Phi) is 3.57. The summed E-state index contributed by atoms with van der Waals surface area (Å²) < 4.78 is 27.6. The second kappa shape index (κ2) is 5.49. The number of hydrogen-bond acceptors (Lipinski definition) is 2. The van der Waals surface area contributed by atoms with Gasteiger partial charge in [-0.3, -0.25) is 0 Å². The lowest BCUT2D eigenvalue weighted by Crippen LogP contribution is -2.29. The summed E-state index contributed by atoms with van der Waals surface area (Å²) in [5, 5.41) is 11.1. The summed E-state index contributed by atoms with van der Waals surface area (Å²) in [6.45, 7) is 0. The highest BCUT2D eigenvalue weighted by Crippen LogP contribution is 2.62. The Morgan fingerprint density at radius 3 is 2.04 bits per heavy atom. The molecule has 2 saturated carbocycles. The van der Waals surface area contributed by atoms with Gasteiger partial charge in [-0.2, -0.15) is 0 Å². The zero-order chi connectivity index (χ0) is 16.0. The molecule has 2 fully saturated rings. The van der Waals surface area contributed by atoms with Crippen LogP contribution in [0.2, 0.25) is 0 Å². The summed E-state index contributed by atoms with van der Waals surface area (Å²) in [4.78, 5) is 0. The predicted molar refractivity (Wildman–Crippen MR) is 90.6 cm³/mol. The number of phenols is 1. The molecule has 2 aromatic carbocycles. The van der Waals surface area contributed by atoms with Gasteiger partial charge in [0.15, 0.2) is 0 Å². The van der Waals surface area contributed by atoms with E-state index in [1.807, 2.05) is 0 Å². The van der Waals surface area contributed by atoms with Crippen LogP contribution in [0.1, 0.15) is 25.7 Å². The van der Waals surface area contributed by atoms with Crippen molar-refractivity contribution in [1.29, 1.82) is 0 Å². The number of hydrogen-bond donors (Lipinski definition) is 1. The molecule has 2 aliphatic carbocycles. The highest BCUT2D eigenvalue weighted by Gasteiger charge is 2.49. The third kappa shape index (κ3) is 2.42. The molecular weight excluding hydrogens is 310 g/mol. The Bertz CT molecular complexity index is 704. The van der Waals surface area contributed by atoms with Crippen LogP contribution in [0.5, 0.6) is 5.75 Å². The van der Waals surface area contributed by atoms with Crippen LogP contribution in [0.4, 0.5) is 4.39 Å². The Labute approximate surface area is 135 Å². The first-order chi connectivity index (χ1) is 11.1. The number of aromatic hydroxyl groups is 1. The molecule has 1 N–H and O–H groups in total. The smallest absolute Gasteiger partial charge is 0.146 e. The maximum atomic E-state index is 14.2. The van der Waals surface area contributed by atoms with Crippen LogP contribution < -0.4 is 10.6 Å². The first-order valence-corrected chi connectivity index (χ1v) is 10.0. The van der Waals surface area contributed by atoms with Crippen molar-refractivity contribution < 1.29 is 14.1 Å². The quantitative estimate of drug-likeness (QED) is 0.863. The van der Waals surface area contributed by atoms with E-state index in [1.54, 1.807) is 36.4 Å². The molecule has 0 aromatic heterocycles. The van der Waals surface area contributed by atoms with Crippen LogP contribution in [0.25, 0.3) is 0 Å². The van der Waals surface area contributed by atoms with E-state index in [4.69, 9.17) is 0 Å². The molecule has 0 heterocycles. The minimum Gasteiger partial charge on any atom is -0.508 e. The highest BCUT2D eigenvalue weighted by molar-refractivity contribution is 7.79. The zero-order valence-corrected chi connectivity index (χ0v) is 13.8.